The van der Waals surface area contributed by atoms with Gasteiger partial charge >= 0.3 is 5.97 Å². The van der Waals surface area contributed by atoms with Gasteiger partial charge in [0.05, 0.1) is 7.11 Å². The number of carbonyl (C=O) groups is 1. The zero-order chi connectivity index (χ0) is 15.8. The van der Waals surface area contributed by atoms with Crippen molar-refractivity contribution in [2.75, 3.05) is 7.11 Å². The molecular formula is C18H24O2. The molecule has 0 heterocycles. The number of allylic oxidation sites excluding steroid dienone is 3. The summed E-state index contributed by atoms with van der Waals surface area (Å²) in [6.07, 6.45) is 7.40. The van der Waals surface area contributed by atoms with Crippen molar-refractivity contribution in [3.05, 3.63) is 79.4 Å². The van der Waals surface area contributed by atoms with Crippen molar-refractivity contribution in [3.63, 3.8) is 0 Å². The van der Waals surface area contributed by atoms with E-state index in [9.17, 15) is 4.79 Å². The van der Waals surface area contributed by atoms with Crippen LogP contribution in [0.15, 0.2) is 73.9 Å². The van der Waals surface area contributed by atoms with E-state index in [1.54, 1.807) is 19.1 Å². The topological polar surface area (TPSA) is 26.3 Å². The van der Waals surface area contributed by atoms with E-state index in [4.69, 9.17) is 0 Å². The Kier molecular flexibility index (Phi) is 14.7. The molecule has 0 radical (unpaired) electrons. The van der Waals surface area contributed by atoms with Gasteiger partial charge in [0, 0.05) is 5.57 Å². The number of methoxy groups -OCH3 is 1. The quantitative estimate of drug-likeness (QED) is 0.448. The van der Waals surface area contributed by atoms with Gasteiger partial charge in [-0.2, -0.15) is 0 Å². The van der Waals surface area contributed by atoms with Gasteiger partial charge in [-0.15, -0.1) is 0 Å². The highest BCUT2D eigenvalue weighted by molar-refractivity contribution is 5.86. The lowest BCUT2D eigenvalue weighted by atomic mass is 10.2. The number of benzene rings is 1. The standard InChI is InChI=1S/C9H10.C5H8O2.C4H6/c1-2-6-9-7-4-3-5-8-9;1-4(2)5(6)7-3;1-3-4-2/h2-8H,1H3;1H2,2-3H3;3-4H,1-2H2. The van der Waals surface area contributed by atoms with E-state index in [1.807, 2.05) is 31.2 Å². The maximum atomic E-state index is 10.2. The average molecular weight is 272 g/mol. The van der Waals surface area contributed by atoms with Gasteiger partial charge in [-0.1, -0.05) is 74.4 Å². The molecule has 0 unspecified atom stereocenters. The molecule has 0 fully saturated rings. The number of hydrogen-bond donors (Lipinski definition) is 0. The van der Waals surface area contributed by atoms with E-state index in [2.05, 4.69) is 42.7 Å². The van der Waals surface area contributed by atoms with Crippen molar-refractivity contribution in [2.45, 2.75) is 13.8 Å². The van der Waals surface area contributed by atoms with Crippen LogP contribution in [0, 0.1) is 0 Å². The molecule has 0 bridgehead atoms. The Balaban J connectivity index is 0. The summed E-state index contributed by atoms with van der Waals surface area (Å²) in [5.41, 5.74) is 1.70. The number of esters is 1. The third kappa shape index (κ3) is 13.7. The summed E-state index contributed by atoms with van der Waals surface area (Å²) < 4.78 is 4.27. The molecule has 1 aromatic carbocycles. The normalized spacial score (nSPS) is 8.35. The summed E-state index contributed by atoms with van der Waals surface area (Å²) in [5, 5.41) is 0. The summed E-state index contributed by atoms with van der Waals surface area (Å²) >= 11 is 0. The highest BCUT2D eigenvalue weighted by Gasteiger charge is 1.95. The first-order valence-corrected chi connectivity index (χ1v) is 6.18. The van der Waals surface area contributed by atoms with Crippen LogP contribution in [0.2, 0.25) is 0 Å². The second-order valence-corrected chi connectivity index (χ2v) is 3.65. The molecule has 0 saturated carbocycles. The van der Waals surface area contributed by atoms with Gasteiger partial charge in [0.25, 0.3) is 0 Å². The molecule has 0 aliphatic carbocycles. The Bertz CT molecular complexity index is 422. The number of hydrogen-bond acceptors (Lipinski definition) is 2. The number of ether oxygens (including phenoxy) is 1. The van der Waals surface area contributed by atoms with Crippen LogP contribution in [-0.2, 0) is 9.53 Å². The first-order valence-electron chi connectivity index (χ1n) is 6.18. The van der Waals surface area contributed by atoms with Crippen LogP contribution in [0.25, 0.3) is 6.08 Å². The molecule has 0 aliphatic heterocycles. The second-order valence-electron chi connectivity index (χ2n) is 3.65. The molecule has 20 heavy (non-hydrogen) atoms. The SMILES string of the molecule is C=C(C)C(=O)OC.C=CC=C.CC=Cc1ccccc1. The summed E-state index contributed by atoms with van der Waals surface area (Å²) in [4.78, 5) is 10.2. The first kappa shape index (κ1) is 20.0. The molecule has 0 atom stereocenters. The molecule has 2 heteroatoms. The van der Waals surface area contributed by atoms with Gasteiger partial charge in [-0.3, -0.25) is 0 Å². The largest absolute Gasteiger partial charge is 0.466 e. The molecule has 0 saturated heterocycles. The molecule has 0 aliphatic rings. The van der Waals surface area contributed by atoms with Gasteiger partial charge in [0.15, 0.2) is 0 Å². The Morgan fingerprint density at radius 2 is 1.65 bits per heavy atom. The molecule has 1 rings (SSSR count). The van der Waals surface area contributed by atoms with E-state index < -0.39 is 0 Å². The van der Waals surface area contributed by atoms with Crippen molar-refractivity contribution in [3.8, 4) is 0 Å². The Morgan fingerprint density at radius 3 is 1.90 bits per heavy atom. The van der Waals surface area contributed by atoms with Gasteiger partial charge in [-0.25, -0.2) is 4.79 Å². The summed E-state index contributed by atoms with van der Waals surface area (Å²) in [6, 6.07) is 10.3. The first-order chi connectivity index (χ1) is 9.53. The van der Waals surface area contributed by atoms with Crippen LogP contribution in [0.4, 0.5) is 0 Å². The summed E-state index contributed by atoms with van der Waals surface area (Å²) in [5.74, 6) is -0.347. The highest BCUT2D eigenvalue weighted by atomic mass is 16.5. The predicted octanol–water partition coefficient (Wildman–Crippen LogP) is 4.81. The maximum absolute atomic E-state index is 10.2. The molecule has 0 aromatic heterocycles. The Hall–Kier alpha value is -2.35. The van der Waals surface area contributed by atoms with Gasteiger partial charge in [0.1, 0.15) is 0 Å². The van der Waals surface area contributed by atoms with Gasteiger partial charge in [0.2, 0.25) is 0 Å². The minimum Gasteiger partial charge on any atom is -0.466 e. The van der Waals surface area contributed by atoms with E-state index in [-0.39, 0.29) is 5.97 Å². The van der Waals surface area contributed by atoms with Crippen molar-refractivity contribution >= 4 is 12.0 Å². The second kappa shape index (κ2) is 14.7. The van der Waals surface area contributed by atoms with Crippen LogP contribution in [-0.4, -0.2) is 13.1 Å². The fourth-order valence-electron chi connectivity index (χ4n) is 0.931. The van der Waals surface area contributed by atoms with Crippen molar-refractivity contribution in [1.29, 1.82) is 0 Å². The number of rotatable bonds is 3. The average Bonchev–Trinajstić information content (AvgIpc) is 2.48. The van der Waals surface area contributed by atoms with Crippen LogP contribution in [0.3, 0.4) is 0 Å². The minimum absolute atomic E-state index is 0.347. The molecular weight excluding hydrogens is 248 g/mol. The van der Waals surface area contributed by atoms with E-state index >= 15 is 0 Å². The zero-order valence-corrected chi connectivity index (χ0v) is 12.6. The van der Waals surface area contributed by atoms with E-state index in [1.165, 1.54) is 12.7 Å². The van der Waals surface area contributed by atoms with Crippen molar-refractivity contribution in [1.82, 2.24) is 0 Å². The molecule has 0 N–H and O–H groups in total. The molecule has 1 aromatic rings. The maximum Gasteiger partial charge on any atom is 0.332 e. The van der Waals surface area contributed by atoms with Crippen molar-refractivity contribution < 1.29 is 9.53 Å². The Labute approximate surface area is 122 Å². The van der Waals surface area contributed by atoms with E-state index in [0.29, 0.717) is 5.57 Å². The van der Waals surface area contributed by atoms with E-state index in [0.717, 1.165) is 0 Å². The summed E-state index contributed by atoms with van der Waals surface area (Å²) in [6.45, 7) is 13.7. The fourth-order valence-corrected chi connectivity index (χ4v) is 0.931. The van der Waals surface area contributed by atoms with Gasteiger partial charge in [-0.05, 0) is 19.4 Å². The van der Waals surface area contributed by atoms with Crippen LogP contribution >= 0.6 is 0 Å². The van der Waals surface area contributed by atoms with Crippen LogP contribution in [0.1, 0.15) is 19.4 Å². The smallest absolute Gasteiger partial charge is 0.332 e. The predicted molar refractivity (Wildman–Crippen MR) is 88.4 cm³/mol. The highest BCUT2D eigenvalue weighted by Crippen LogP contribution is 1.99. The zero-order valence-electron chi connectivity index (χ0n) is 12.6. The molecule has 108 valence electrons. The lowest BCUT2D eigenvalue weighted by Gasteiger charge is -1.91. The summed E-state index contributed by atoms with van der Waals surface area (Å²) in [7, 11) is 1.33. The Morgan fingerprint density at radius 1 is 1.15 bits per heavy atom. The fraction of sp³-hybridized carbons (Fsp3) is 0.167. The number of carbonyl (C=O) groups excluding carboxylic acids is 1. The van der Waals surface area contributed by atoms with Gasteiger partial charge < -0.3 is 4.74 Å². The molecule has 0 amide bonds. The minimum atomic E-state index is -0.347. The third-order valence-corrected chi connectivity index (χ3v) is 1.86. The lowest BCUT2D eigenvalue weighted by Crippen LogP contribution is -1.98. The molecule has 0 spiro atoms. The van der Waals surface area contributed by atoms with Crippen molar-refractivity contribution in [2.24, 2.45) is 0 Å². The van der Waals surface area contributed by atoms with Crippen LogP contribution in [0.5, 0.6) is 0 Å². The van der Waals surface area contributed by atoms with Crippen LogP contribution < -0.4 is 0 Å². The monoisotopic (exact) mass is 272 g/mol. The molecule has 2 nitrogen and oxygen atoms in total. The third-order valence-electron chi connectivity index (χ3n) is 1.86. The lowest BCUT2D eigenvalue weighted by molar-refractivity contribution is -0.136.